The molecule has 256 valence electrons. The summed E-state index contributed by atoms with van der Waals surface area (Å²) in [7, 11) is 0. The number of carboxylic acids is 2. The van der Waals surface area contributed by atoms with E-state index < -0.39 is 11.9 Å². The zero-order valence-corrected chi connectivity index (χ0v) is 28.9. The molecular weight excluding hydrogens is 564 g/mol. The van der Waals surface area contributed by atoms with Crippen LogP contribution in [-0.4, -0.2) is 32.4 Å². The maximum absolute atomic E-state index is 10.2. The van der Waals surface area contributed by atoms with E-state index in [4.69, 9.17) is 10.2 Å². The van der Waals surface area contributed by atoms with Crippen LogP contribution < -0.4 is 0 Å². The summed E-state index contributed by atoms with van der Waals surface area (Å²) in [6.07, 6.45) is 23.0. The minimum absolute atomic E-state index is 0.151. The summed E-state index contributed by atoms with van der Waals surface area (Å²) in [5.41, 5.74) is 2.10. The molecule has 0 spiro atoms. The lowest BCUT2D eigenvalue weighted by Gasteiger charge is -2.26. The molecule has 0 aromatic heterocycles. The topological polar surface area (TPSA) is 115 Å². The van der Waals surface area contributed by atoms with Crippen molar-refractivity contribution in [3.8, 4) is 11.5 Å². The van der Waals surface area contributed by atoms with E-state index in [0.29, 0.717) is 12.8 Å². The van der Waals surface area contributed by atoms with Crippen LogP contribution in [0.4, 0.5) is 0 Å². The van der Waals surface area contributed by atoms with E-state index in [1.165, 1.54) is 89.9 Å². The van der Waals surface area contributed by atoms with Gasteiger partial charge in [-0.25, -0.2) is 0 Å². The molecule has 6 heteroatoms. The second-order valence-electron chi connectivity index (χ2n) is 12.7. The molecule has 0 aliphatic heterocycles. The van der Waals surface area contributed by atoms with Crippen molar-refractivity contribution in [2.75, 3.05) is 0 Å². The van der Waals surface area contributed by atoms with E-state index in [1.807, 2.05) is 24.3 Å². The molecule has 6 nitrogen and oxygen atoms in total. The summed E-state index contributed by atoms with van der Waals surface area (Å²) in [4.78, 5) is 20.4. The molecule has 0 heterocycles. The second-order valence-corrected chi connectivity index (χ2v) is 12.7. The molecule has 2 rings (SSSR count). The lowest BCUT2D eigenvalue weighted by Crippen LogP contribution is -2.18. The summed E-state index contributed by atoms with van der Waals surface area (Å²) in [5, 5.41) is 35.4. The van der Waals surface area contributed by atoms with Crippen molar-refractivity contribution in [1.82, 2.24) is 0 Å². The molecule has 0 aliphatic carbocycles. The number of benzene rings is 2. The molecule has 4 N–H and O–H groups in total. The highest BCUT2D eigenvalue weighted by molar-refractivity contribution is 5.66. The first kappa shape index (κ1) is 42.0. The Labute approximate surface area is 274 Å². The van der Waals surface area contributed by atoms with Crippen molar-refractivity contribution in [1.29, 1.82) is 0 Å². The number of phenols is 2. The Hall–Kier alpha value is -3.02. The number of hydrogen-bond acceptors (Lipinski definition) is 4. The van der Waals surface area contributed by atoms with Gasteiger partial charge in [-0.05, 0) is 48.2 Å². The fourth-order valence-electron chi connectivity index (χ4n) is 5.10. The Kier molecular flexibility index (Phi) is 25.5. The van der Waals surface area contributed by atoms with E-state index >= 15 is 0 Å². The predicted octanol–water partition coefficient (Wildman–Crippen LogP) is 11.4. The fraction of sp³-hybridized carbons (Fsp3) is 0.641. The van der Waals surface area contributed by atoms with Crippen LogP contribution in [0.1, 0.15) is 167 Å². The van der Waals surface area contributed by atoms with Gasteiger partial charge in [0.25, 0.3) is 0 Å². The van der Waals surface area contributed by atoms with Crippen LogP contribution in [0.15, 0.2) is 48.5 Å². The Morgan fingerprint density at radius 3 is 0.956 bits per heavy atom. The van der Waals surface area contributed by atoms with Crippen LogP contribution in [0.3, 0.4) is 0 Å². The number of unbranched alkanes of at least 4 members (excludes halogenated alkanes) is 16. The molecule has 2 aromatic rings. The Balaban J connectivity index is 0.000000652. The molecule has 0 saturated heterocycles. The van der Waals surface area contributed by atoms with Crippen molar-refractivity contribution in [2.24, 2.45) is 0 Å². The van der Waals surface area contributed by atoms with Crippen molar-refractivity contribution >= 4 is 11.9 Å². The van der Waals surface area contributed by atoms with Crippen molar-refractivity contribution in [3.05, 3.63) is 59.7 Å². The predicted molar refractivity (Wildman–Crippen MR) is 187 cm³/mol. The zero-order chi connectivity index (χ0) is 33.8. The molecule has 0 fully saturated rings. The van der Waals surface area contributed by atoms with Gasteiger partial charge in [-0.1, -0.05) is 155 Å². The molecule has 0 aliphatic rings. The van der Waals surface area contributed by atoms with Gasteiger partial charge < -0.3 is 20.4 Å². The first-order valence-corrected chi connectivity index (χ1v) is 17.6. The molecule has 0 unspecified atom stereocenters. The molecule has 0 atom stereocenters. The normalized spacial score (nSPS) is 10.8. The summed E-state index contributed by atoms with van der Waals surface area (Å²) >= 11 is 0. The van der Waals surface area contributed by atoms with E-state index in [1.54, 1.807) is 24.3 Å². The molecule has 0 amide bonds. The fourth-order valence-corrected chi connectivity index (χ4v) is 5.10. The van der Waals surface area contributed by atoms with Crippen molar-refractivity contribution < 1.29 is 30.0 Å². The van der Waals surface area contributed by atoms with Crippen LogP contribution in [0.25, 0.3) is 0 Å². The third-order valence-electron chi connectivity index (χ3n) is 8.17. The number of aromatic hydroxyl groups is 2. The number of aliphatic carboxylic acids is 2. The van der Waals surface area contributed by atoms with Crippen molar-refractivity contribution in [3.63, 3.8) is 0 Å². The highest BCUT2D eigenvalue weighted by Gasteiger charge is 2.22. The van der Waals surface area contributed by atoms with Crippen LogP contribution in [0, 0.1) is 0 Å². The van der Waals surface area contributed by atoms with Gasteiger partial charge in [0.2, 0.25) is 0 Å². The summed E-state index contributed by atoms with van der Waals surface area (Å²) in [6.45, 7) is 8.69. The minimum Gasteiger partial charge on any atom is -0.508 e. The lowest BCUT2D eigenvalue weighted by molar-refractivity contribution is -0.138. The molecule has 0 radical (unpaired) electrons. The second kappa shape index (κ2) is 27.3. The van der Waals surface area contributed by atoms with Crippen LogP contribution >= 0.6 is 0 Å². The Morgan fingerprint density at radius 2 is 0.711 bits per heavy atom. The number of rotatable bonds is 22. The van der Waals surface area contributed by atoms with Gasteiger partial charge in [-0.15, -0.1) is 0 Å². The molecule has 45 heavy (non-hydrogen) atoms. The average molecular weight is 629 g/mol. The van der Waals surface area contributed by atoms with Gasteiger partial charge in [0.05, 0.1) is 0 Å². The molecular formula is C39H64O6. The number of phenolic OH excluding ortho intramolecular Hbond substituents is 2. The first-order valence-electron chi connectivity index (χ1n) is 17.6. The number of carboxylic acid groups (broad SMARTS) is 2. The summed E-state index contributed by atoms with van der Waals surface area (Å²) < 4.78 is 0. The summed E-state index contributed by atoms with van der Waals surface area (Å²) in [6, 6.07) is 14.4. The van der Waals surface area contributed by atoms with Crippen LogP contribution in [0.5, 0.6) is 11.5 Å². The highest BCUT2D eigenvalue weighted by Crippen LogP contribution is 2.32. The number of carbonyl (C=O) groups is 2. The third kappa shape index (κ3) is 24.0. The Morgan fingerprint density at radius 1 is 0.467 bits per heavy atom. The average Bonchev–Trinajstić information content (AvgIpc) is 3.00. The van der Waals surface area contributed by atoms with Gasteiger partial charge in [-0.2, -0.15) is 0 Å². The molecule has 0 bridgehead atoms. The van der Waals surface area contributed by atoms with Gasteiger partial charge in [-0.3, -0.25) is 9.59 Å². The highest BCUT2D eigenvalue weighted by atomic mass is 16.4. The van der Waals surface area contributed by atoms with E-state index in [9.17, 15) is 19.8 Å². The molecule has 2 aromatic carbocycles. The zero-order valence-electron chi connectivity index (χ0n) is 28.9. The largest absolute Gasteiger partial charge is 0.508 e. The minimum atomic E-state index is -0.659. The third-order valence-corrected chi connectivity index (χ3v) is 8.17. The smallest absolute Gasteiger partial charge is 0.303 e. The van der Waals surface area contributed by atoms with E-state index in [0.717, 1.165) is 36.8 Å². The maximum Gasteiger partial charge on any atom is 0.303 e. The first-order chi connectivity index (χ1) is 21.5. The molecule has 0 saturated carbocycles. The standard InChI is InChI=1S/C15H16O2.2C12H24O2/c1-15(2,11-3-7-13(16)8-4-11)12-5-9-14(17)10-6-12;2*1-2-3-4-5-6-7-8-9-10-11-12(13)14/h3-10,16-17H,1-2H3;2*2-11H2,1H3,(H,13,14). The number of hydrogen-bond donors (Lipinski definition) is 4. The van der Waals surface area contributed by atoms with E-state index in [-0.39, 0.29) is 16.9 Å². The van der Waals surface area contributed by atoms with Crippen LogP contribution in [0.2, 0.25) is 0 Å². The van der Waals surface area contributed by atoms with Gasteiger partial charge in [0.1, 0.15) is 11.5 Å². The van der Waals surface area contributed by atoms with Gasteiger partial charge >= 0.3 is 11.9 Å². The van der Waals surface area contributed by atoms with Crippen molar-refractivity contribution in [2.45, 2.75) is 162 Å². The Bertz CT molecular complexity index is 902. The quantitative estimate of drug-likeness (QED) is 0.0964. The van der Waals surface area contributed by atoms with Gasteiger partial charge in [0, 0.05) is 18.3 Å². The lowest BCUT2D eigenvalue weighted by atomic mass is 9.78. The SMILES string of the molecule is CC(C)(c1ccc(O)cc1)c1ccc(O)cc1.CCCCCCCCCCCC(=O)O.CCCCCCCCCCCC(=O)O. The van der Waals surface area contributed by atoms with E-state index in [2.05, 4.69) is 27.7 Å². The van der Waals surface area contributed by atoms with Gasteiger partial charge in [0.15, 0.2) is 0 Å². The maximum atomic E-state index is 10.2. The van der Waals surface area contributed by atoms with Crippen LogP contribution in [-0.2, 0) is 15.0 Å². The summed E-state index contributed by atoms with van der Waals surface area (Å²) in [5.74, 6) is -0.772. The monoisotopic (exact) mass is 628 g/mol.